The summed E-state index contributed by atoms with van der Waals surface area (Å²) in [5.74, 6) is 1.37. The lowest BCUT2D eigenvalue weighted by atomic mass is 9.82. The van der Waals surface area contributed by atoms with Crippen molar-refractivity contribution in [2.24, 2.45) is 17.8 Å². The van der Waals surface area contributed by atoms with E-state index in [0.29, 0.717) is 18.3 Å². The van der Waals surface area contributed by atoms with E-state index in [1.807, 2.05) is 0 Å². The monoisotopic (exact) mass is 418 g/mol. The lowest BCUT2D eigenvalue weighted by Gasteiger charge is -2.36. The first-order chi connectivity index (χ1) is 14.6. The number of nitrogens with one attached hydrogen (secondary N) is 1. The fraction of sp³-hybridized carbons (Fsp3) is 0.667. The number of hydrogen-bond donors (Lipinski definition) is 2. The Bertz CT molecular complexity index is 719. The molecule has 1 aromatic heterocycles. The average molecular weight is 418 g/mol. The van der Waals surface area contributed by atoms with Gasteiger partial charge in [-0.15, -0.1) is 0 Å². The number of carboxylic acid groups (broad SMARTS) is 1. The molecule has 0 aromatic carbocycles. The Labute approximate surface area is 176 Å². The molecule has 1 aromatic rings. The highest BCUT2D eigenvalue weighted by Gasteiger charge is 2.42. The van der Waals surface area contributed by atoms with E-state index in [1.54, 1.807) is 7.11 Å². The zero-order valence-electron chi connectivity index (χ0n) is 17.3. The maximum atomic E-state index is 13.1. The van der Waals surface area contributed by atoms with Crippen molar-refractivity contribution in [3.8, 4) is 0 Å². The predicted molar refractivity (Wildman–Crippen MR) is 108 cm³/mol. The van der Waals surface area contributed by atoms with Gasteiger partial charge in [-0.25, -0.2) is 4.98 Å². The van der Waals surface area contributed by atoms with E-state index in [-0.39, 0.29) is 42.0 Å². The summed E-state index contributed by atoms with van der Waals surface area (Å²) in [6, 6.07) is -0.186. The molecular formula is C21H30N4O5. The van der Waals surface area contributed by atoms with E-state index >= 15 is 0 Å². The van der Waals surface area contributed by atoms with Gasteiger partial charge in [0.1, 0.15) is 5.69 Å². The third kappa shape index (κ3) is 5.13. The Morgan fingerprint density at radius 2 is 1.90 bits per heavy atom. The fourth-order valence-electron chi connectivity index (χ4n) is 5.13. The number of carbonyl (C=O) groups excluding carboxylic acids is 2. The molecule has 3 fully saturated rings. The molecule has 1 aliphatic heterocycles. The second-order valence-electron chi connectivity index (χ2n) is 8.25. The van der Waals surface area contributed by atoms with Crippen LogP contribution in [-0.2, 0) is 14.3 Å². The lowest BCUT2D eigenvalue weighted by molar-refractivity contribution is -0.137. The number of ether oxygens (including phenoxy) is 1. The molecule has 2 N–H and O–H groups in total. The highest BCUT2D eigenvalue weighted by molar-refractivity contribution is 5.92. The van der Waals surface area contributed by atoms with Crippen molar-refractivity contribution in [1.82, 2.24) is 20.2 Å². The van der Waals surface area contributed by atoms with Gasteiger partial charge in [-0.2, -0.15) is 0 Å². The van der Waals surface area contributed by atoms with Crippen LogP contribution in [0.4, 0.5) is 0 Å². The van der Waals surface area contributed by atoms with Crippen LogP contribution in [0.15, 0.2) is 18.6 Å². The van der Waals surface area contributed by atoms with E-state index < -0.39 is 0 Å². The lowest BCUT2D eigenvalue weighted by Crippen LogP contribution is -2.50. The number of fused-ring (bicyclic) bond motifs is 1. The minimum Gasteiger partial charge on any atom is -0.483 e. The second kappa shape index (κ2) is 10.5. The third-order valence-corrected chi connectivity index (χ3v) is 6.59. The number of hydrogen-bond acceptors (Lipinski definition) is 6. The number of likely N-dealkylation sites (tertiary alicyclic amines) is 1. The normalized spacial score (nSPS) is 30.0. The van der Waals surface area contributed by atoms with Crippen LogP contribution < -0.4 is 5.32 Å². The number of amides is 2. The molecule has 0 radical (unpaired) electrons. The highest BCUT2D eigenvalue weighted by atomic mass is 16.5. The minimum atomic E-state index is -0.265. The van der Waals surface area contributed by atoms with Crippen molar-refractivity contribution in [3.63, 3.8) is 0 Å². The van der Waals surface area contributed by atoms with E-state index in [4.69, 9.17) is 14.6 Å². The van der Waals surface area contributed by atoms with Crippen LogP contribution >= 0.6 is 0 Å². The largest absolute Gasteiger partial charge is 0.483 e. The van der Waals surface area contributed by atoms with Crippen molar-refractivity contribution in [1.29, 1.82) is 0 Å². The van der Waals surface area contributed by atoms with Crippen molar-refractivity contribution >= 4 is 18.3 Å². The summed E-state index contributed by atoms with van der Waals surface area (Å²) < 4.78 is 5.58. The molecular weight excluding hydrogens is 388 g/mol. The summed E-state index contributed by atoms with van der Waals surface area (Å²) >= 11 is 0. The van der Waals surface area contributed by atoms with Gasteiger partial charge in [0.2, 0.25) is 5.91 Å². The topological polar surface area (TPSA) is 122 Å². The van der Waals surface area contributed by atoms with E-state index in [1.165, 1.54) is 37.9 Å². The highest BCUT2D eigenvalue weighted by Crippen LogP contribution is 2.39. The maximum Gasteiger partial charge on any atom is 0.290 e. The summed E-state index contributed by atoms with van der Waals surface area (Å²) in [4.78, 5) is 44.0. The molecule has 0 spiro atoms. The van der Waals surface area contributed by atoms with Gasteiger partial charge in [0.15, 0.2) is 0 Å². The predicted octanol–water partition coefficient (Wildman–Crippen LogP) is 1.35. The van der Waals surface area contributed by atoms with Crippen molar-refractivity contribution in [2.75, 3.05) is 20.2 Å². The van der Waals surface area contributed by atoms with Crippen molar-refractivity contribution < 1.29 is 24.2 Å². The molecule has 5 atom stereocenters. The first-order valence-electron chi connectivity index (χ1n) is 10.5. The second-order valence-corrected chi connectivity index (χ2v) is 8.25. The molecule has 30 heavy (non-hydrogen) atoms. The van der Waals surface area contributed by atoms with Crippen molar-refractivity contribution in [2.45, 2.75) is 50.7 Å². The van der Waals surface area contributed by atoms with Gasteiger partial charge in [-0.05, 0) is 43.9 Å². The standard InChI is InChI=1S/C20H28N4O3.CH2O2/c1-27-18-6-5-13(20(26)24-11-14-3-2-4-15(14)12-24)9-16(18)23-19(25)17-10-21-7-8-22-17;2-1-3/h7-8,10,13-16,18H,2-6,9,11-12H2,1H3,(H,23,25);1H,(H,2,3)/t13-,14-,15+,16+,18+;/m0./s1. The summed E-state index contributed by atoms with van der Waals surface area (Å²) in [6.45, 7) is 1.59. The molecule has 2 amide bonds. The smallest absolute Gasteiger partial charge is 0.290 e. The summed E-state index contributed by atoms with van der Waals surface area (Å²) in [5, 5.41) is 9.90. The molecule has 3 aliphatic rings. The Hall–Kier alpha value is -2.55. The quantitative estimate of drug-likeness (QED) is 0.708. The van der Waals surface area contributed by atoms with E-state index in [0.717, 1.165) is 25.9 Å². The molecule has 0 bridgehead atoms. The number of rotatable bonds is 4. The molecule has 164 valence electrons. The summed E-state index contributed by atoms with van der Waals surface area (Å²) in [6.07, 6.45) is 10.5. The molecule has 0 unspecified atom stereocenters. The molecule has 1 saturated heterocycles. The Kier molecular flexibility index (Phi) is 7.73. The average Bonchev–Trinajstić information content (AvgIpc) is 3.37. The first-order valence-corrected chi connectivity index (χ1v) is 10.5. The van der Waals surface area contributed by atoms with Gasteiger partial charge in [-0.1, -0.05) is 6.42 Å². The molecule has 2 heterocycles. The van der Waals surface area contributed by atoms with Crippen LogP contribution in [0.25, 0.3) is 0 Å². The number of methoxy groups -OCH3 is 1. The van der Waals surface area contributed by atoms with Gasteiger partial charge in [0, 0.05) is 38.5 Å². The van der Waals surface area contributed by atoms with Crippen LogP contribution in [0.2, 0.25) is 0 Å². The van der Waals surface area contributed by atoms with Crippen LogP contribution in [0, 0.1) is 17.8 Å². The number of aromatic nitrogens is 2. The Balaban J connectivity index is 0.000000806. The summed E-state index contributed by atoms with van der Waals surface area (Å²) in [7, 11) is 1.66. The number of nitrogens with zero attached hydrogens (tertiary/aromatic N) is 3. The van der Waals surface area contributed by atoms with Crippen LogP contribution in [0.5, 0.6) is 0 Å². The van der Waals surface area contributed by atoms with E-state index in [9.17, 15) is 9.59 Å². The van der Waals surface area contributed by atoms with Gasteiger partial charge >= 0.3 is 0 Å². The minimum absolute atomic E-state index is 0.0395. The third-order valence-electron chi connectivity index (χ3n) is 6.59. The van der Waals surface area contributed by atoms with Crippen LogP contribution in [-0.4, -0.2) is 70.6 Å². The zero-order chi connectivity index (χ0) is 21.5. The maximum absolute atomic E-state index is 13.1. The van der Waals surface area contributed by atoms with Gasteiger partial charge in [0.05, 0.1) is 18.3 Å². The van der Waals surface area contributed by atoms with E-state index in [2.05, 4.69) is 20.2 Å². The van der Waals surface area contributed by atoms with Gasteiger partial charge in [0.25, 0.3) is 12.4 Å². The van der Waals surface area contributed by atoms with Crippen molar-refractivity contribution in [3.05, 3.63) is 24.3 Å². The van der Waals surface area contributed by atoms with Gasteiger partial charge in [-0.3, -0.25) is 19.4 Å². The molecule has 9 heteroatoms. The molecule has 9 nitrogen and oxygen atoms in total. The van der Waals surface area contributed by atoms with Crippen LogP contribution in [0.3, 0.4) is 0 Å². The molecule has 2 saturated carbocycles. The Morgan fingerprint density at radius 3 is 2.50 bits per heavy atom. The van der Waals surface area contributed by atoms with Crippen LogP contribution in [0.1, 0.15) is 49.0 Å². The summed E-state index contributed by atoms with van der Waals surface area (Å²) in [5.41, 5.74) is 0.285. The van der Waals surface area contributed by atoms with Gasteiger partial charge < -0.3 is 20.1 Å². The first kappa shape index (κ1) is 22.1. The zero-order valence-corrected chi connectivity index (χ0v) is 17.3. The Morgan fingerprint density at radius 1 is 1.20 bits per heavy atom. The SMILES string of the molecule is CO[C@@H]1CC[C@H](C(=O)N2C[C@H]3CCC[C@H]3C2)C[C@H]1NC(=O)c1cnccn1.O=CO. The molecule has 4 rings (SSSR count). The molecule has 2 aliphatic carbocycles. The number of carbonyl (C=O) groups is 3. The fourth-order valence-corrected chi connectivity index (χ4v) is 5.13.